The first-order valence-electron chi connectivity index (χ1n) is 12.4. The normalized spacial score (nSPS) is 11.0. The number of methoxy groups -OCH3 is 3. The van der Waals surface area contributed by atoms with Crippen molar-refractivity contribution in [1.82, 2.24) is 19.7 Å². The van der Waals surface area contributed by atoms with Crippen LogP contribution in [0.4, 0.5) is 5.82 Å². The van der Waals surface area contributed by atoms with E-state index in [1.807, 2.05) is 42.5 Å². The number of imidazole rings is 1. The highest BCUT2D eigenvalue weighted by Gasteiger charge is 2.18. The second kappa shape index (κ2) is 12.1. The largest absolute Gasteiger partial charge is 0.497 e. The van der Waals surface area contributed by atoms with Gasteiger partial charge in [-0.25, -0.2) is 4.98 Å². The molecule has 0 unspecified atom stereocenters. The quantitative estimate of drug-likeness (QED) is 0.207. The second-order valence-corrected chi connectivity index (χ2v) is 9.24. The molecule has 5 rings (SSSR count). The van der Waals surface area contributed by atoms with E-state index >= 15 is 0 Å². The molecule has 0 aliphatic heterocycles. The Hall–Kier alpha value is -4.54. The lowest BCUT2D eigenvalue weighted by Crippen LogP contribution is -2.13. The van der Waals surface area contributed by atoms with Gasteiger partial charge in [0.1, 0.15) is 29.5 Å². The summed E-state index contributed by atoms with van der Waals surface area (Å²) >= 11 is 6.22. The third-order valence-electron chi connectivity index (χ3n) is 6.18. The van der Waals surface area contributed by atoms with Crippen molar-refractivity contribution < 1.29 is 23.7 Å². The van der Waals surface area contributed by atoms with E-state index in [-0.39, 0.29) is 5.91 Å². The van der Waals surface area contributed by atoms with Crippen LogP contribution in [0.25, 0.3) is 22.6 Å². The smallest absolute Gasteiger partial charge is 0.256 e. The van der Waals surface area contributed by atoms with Crippen LogP contribution in [-0.2, 0) is 11.3 Å². The van der Waals surface area contributed by atoms with Gasteiger partial charge in [-0.15, -0.1) is 0 Å². The first-order valence-corrected chi connectivity index (χ1v) is 12.8. The van der Waals surface area contributed by atoms with Crippen molar-refractivity contribution in [3.05, 3.63) is 82.9 Å². The fourth-order valence-electron chi connectivity index (χ4n) is 4.13. The van der Waals surface area contributed by atoms with Crippen molar-refractivity contribution in [3.8, 4) is 28.8 Å². The van der Waals surface area contributed by atoms with E-state index in [0.717, 1.165) is 22.3 Å². The lowest BCUT2D eigenvalue weighted by atomic mass is 10.2. The maximum Gasteiger partial charge on any atom is 0.256 e. The van der Waals surface area contributed by atoms with Crippen LogP contribution in [0.2, 0.25) is 5.02 Å². The van der Waals surface area contributed by atoms with Crippen LogP contribution in [0.1, 0.15) is 15.9 Å². The summed E-state index contributed by atoms with van der Waals surface area (Å²) in [5.41, 5.74) is 3.64. The lowest BCUT2D eigenvalue weighted by Gasteiger charge is -2.07. The Morgan fingerprint density at radius 3 is 2.48 bits per heavy atom. The van der Waals surface area contributed by atoms with Gasteiger partial charge in [0.15, 0.2) is 11.6 Å². The number of nitrogens with zero attached hydrogens (tertiary/aromatic N) is 3. The number of nitrogens with one attached hydrogen (secondary N) is 2. The summed E-state index contributed by atoms with van der Waals surface area (Å²) in [5.74, 6) is 2.55. The number of aromatic nitrogens is 4. The number of amides is 1. The molecule has 2 N–H and O–H groups in total. The molecule has 0 bridgehead atoms. The molecule has 40 heavy (non-hydrogen) atoms. The Kier molecular flexibility index (Phi) is 8.18. The Morgan fingerprint density at radius 2 is 1.75 bits per heavy atom. The number of carbonyl (C=O) groups is 1. The van der Waals surface area contributed by atoms with Crippen molar-refractivity contribution >= 4 is 34.4 Å². The third kappa shape index (κ3) is 6.03. The Labute approximate surface area is 235 Å². The summed E-state index contributed by atoms with van der Waals surface area (Å²) < 4.78 is 23.0. The molecule has 2 aromatic heterocycles. The SMILES string of the molecule is COCCOc1ccc2[nH]c(-c3cc(NC(=O)c4ccc(OC)c(Cl)c4)nn3Cc3ccc(OC)cc3)nc2c1. The minimum Gasteiger partial charge on any atom is -0.497 e. The predicted molar refractivity (Wildman–Crippen MR) is 153 cm³/mol. The number of fused-ring (bicyclic) bond motifs is 1. The molecule has 0 aliphatic rings. The number of anilines is 1. The number of aromatic amines is 1. The number of ether oxygens (including phenoxy) is 4. The summed E-state index contributed by atoms with van der Waals surface area (Å²) in [6, 6.07) is 20.0. The van der Waals surface area contributed by atoms with Crippen LogP contribution in [0.3, 0.4) is 0 Å². The van der Waals surface area contributed by atoms with Gasteiger partial charge in [0, 0.05) is 24.8 Å². The lowest BCUT2D eigenvalue weighted by molar-refractivity contribution is 0.102. The van der Waals surface area contributed by atoms with E-state index < -0.39 is 0 Å². The topological polar surface area (TPSA) is 113 Å². The minimum atomic E-state index is -0.354. The molecule has 3 aromatic carbocycles. The van der Waals surface area contributed by atoms with Crippen LogP contribution in [0.15, 0.2) is 66.7 Å². The van der Waals surface area contributed by atoms with Crippen molar-refractivity contribution in [2.75, 3.05) is 39.9 Å². The monoisotopic (exact) mass is 561 g/mol. The van der Waals surface area contributed by atoms with Gasteiger partial charge in [-0.05, 0) is 48.0 Å². The number of hydrogen-bond acceptors (Lipinski definition) is 7. The van der Waals surface area contributed by atoms with E-state index in [1.165, 1.54) is 7.11 Å². The zero-order valence-corrected chi connectivity index (χ0v) is 23.0. The number of halogens is 1. The Morgan fingerprint density at radius 1 is 0.950 bits per heavy atom. The molecular weight excluding hydrogens is 534 g/mol. The first-order chi connectivity index (χ1) is 19.5. The Bertz CT molecular complexity index is 1630. The van der Waals surface area contributed by atoms with Crippen LogP contribution in [0, 0.1) is 0 Å². The van der Waals surface area contributed by atoms with E-state index in [2.05, 4.69) is 15.4 Å². The van der Waals surface area contributed by atoms with Crippen molar-refractivity contribution in [1.29, 1.82) is 0 Å². The summed E-state index contributed by atoms with van der Waals surface area (Å²) in [6.07, 6.45) is 0. The molecular formula is C29H28ClN5O5. The number of hydrogen-bond donors (Lipinski definition) is 2. The molecule has 0 aliphatic carbocycles. The van der Waals surface area contributed by atoms with Crippen molar-refractivity contribution in [2.45, 2.75) is 6.54 Å². The van der Waals surface area contributed by atoms with Gasteiger partial charge in [-0.3, -0.25) is 9.48 Å². The van der Waals surface area contributed by atoms with Gasteiger partial charge in [-0.1, -0.05) is 23.7 Å². The van der Waals surface area contributed by atoms with Gasteiger partial charge in [0.05, 0.1) is 43.4 Å². The van der Waals surface area contributed by atoms with Gasteiger partial charge in [0.25, 0.3) is 5.91 Å². The summed E-state index contributed by atoms with van der Waals surface area (Å²) in [7, 11) is 4.77. The maximum atomic E-state index is 13.0. The van der Waals surface area contributed by atoms with Gasteiger partial charge >= 0.3 is 0 Å². The molecule has 5 aromatic rings. The number of H-pyrrole nitrogens is 1. The molecule has 0 atom stereocenters. The highest BCUT2D eigenvalue weighted by molar-refractivity contribution is 6.32. The van der Waals surface area contributed by atoms with Gasteiger partial charge in [0.2, 0.25) is 0 Å². The summed E-state index contributed by atoms with van der Waals surface area (Å²) in [5, 5.41) is 7.89. The number of rotatable bonds is 11. The molecule has 206 valence electrons. The van der Waals surface area contributed by atoms with Crippen LogP contribution in [0.5, 0.6) is 17.2 Å². The summed E-state index contributed by atoms with van der Waals surface area (Å²) in [6.45, 7) is 1.37. The molecule has 11 heteroatoms. The van der Waals surface area contributed by atoms with Crippen LogP contribution >= 0.6 is 11.6 Å². The van der Waals surface area contributed by atoms with Gasteiger partial charge < -0.3 is 29.2 Å². The number of benzene rings is 3. The zero-order valence-electron chi connectivity index (χ0n) is 22.2. The first kappa shape index (κ1) is 27.0. The average molecular weight is 562 g/mol. The molecule has 0 radical (unpaired) electrons. The van der Waals surface area contributed by atoms with E-state index in [4.69, 9.17) is 35.5 Å². The molecule has 1 amide bonds. The minimum absolute atomic E-state index is 0.341. The molecule has 10 nitrogen and oxygen atoms in total. The fourth-order valence-corrected chi connectivity index (χ4v) is 4.39. The predicted octanol–water partition coefficient (Wildman–Crippen LogP) is 5.42. The van der Waals surface area contributed by atoms with Crippen LogP contribution < -0.4 is 19.5 Å². The van der Waals surface area contributed by atoms with E-state index in [0.29, 0.717) is 59.2 Å². The fraction of sp³-hybridized carbons (Fsp3) is 0.207. The standard InChI is InChI=1S/C29H28ClN5O5/c1-37-12-13-40-21-9-10-23-24(15-21)32-28(31-23)25-16-27(33-29(36)19-6-11-26(39-3)22(30)14-19)34-35(25)17-18-4-7-20(38-2)8-5-18/h4-11,14-16H,12-13,17H2,1-3H3,(H,31,32)(H,33,34,36). The molecule has 0 fully saturated rings. The molecule has 0 saturated carbocycles. The summed E-state index contributed by atoms with van der Waals surface area (Å²) in [4.78, 5) is 21.2. The second-order valence-electron chi connectivity index (χ2n) is 8.83. The molecule has 0 saturated heterocycles. The van der Waals surface area contributed by atoms with Crippen molar-refractivity contribution in [3.63, 3.8) is 0 Å². The number of carbonyl (C=O) groups excluding carboxylic acids is 1. The van der Waals surface area contributed by atoms with Crippen LogP contribution in [-0.4, -0.2) is 60.2 Å². The zero-order chi connectivity index (χ0) is 28.1. The Balaban J connectivity index is 1.46. The molecule has 2 heterocycles. The average Bonchev–Trinajstić information content (AvgIpc) is 3.56. The molecule has 0 spiro atoms. The van der Waals surface area contributed by atoms with E-state index in [1.54, 1.807) is 43.2 Å². The highest BCUT2D eigenvalue weighted by Crippen LogP contribution is 2.28. The third-order valence-corrected chi connectivity index (χ3v) is 6.48. The van der Waals surface area contributed by atoms with E-state index in [9.17, 15) is 4.79 Å². The maximum absolute atomic E-state index is 13.0. The van der Waals surface area contributed by atoms with Gasteiger partial charge in [-0.2, -0.15) is 5.10 Å². The van der Waals surface area contributed by atoms with Crippen molar-refractivity contribution in [2.24, 2.45) is 0 Å². The highest BCUT2D eigenvalue weighted by atomic mass is 35.5.